The number of allylic oxidation sites excluding steroid dienone is 2. The summed E-state index contributed by atoms with van der Waals surface area (Å²) >= 11 is 0. The number of aliphatic hydroxyl groups is 1. The molecule has 10 nitrogen and oxygen atoms in total. The molecule has 0 aliphatic rings. The van der Waals surface area contributed by atoms with Gasteiger partial charge < -0.3 is 30.0 Å². The normalized spacial score (nSPS) is 10.0. The zero-order chi connectivity index (χ0) is 73.8. The van der Waals surface area contributed by atoms with Crippen molar-refractivity contribution < 1.29 is 139 Å². The Morgan fingerprint density at radius 2 is 0.761 bits per heavy atom. The molecular formula is C95H67F2Ir6N8O2-5. The van der Waals surface area contributed by atoms with Crippen LogP contribution in [-0.4, -0.2) is 55.6 Å². The monoisotopic (exact) mass is 2550 g/mol. The van der Waals surface area contributed by atoms with Crippen molar-refractivity contribution in [3.8, 4) is 78.8 Å². The number of benzene rings is 12. The molecule has 18 aromatic rings. The SMILES string of the molecule is CC(=[OH+])C=C(C)O.Fc1c[c-]c(-c2nc3ccccc3nc2-c2ccc(F)cc2)cc1.[Ir].[Ir].[Ir].[Ir].[Ir].[Ir].[c-]1cccc2ccc3cccnc3c12.[c-]1ccccc1-c1ccccn1.[c-]1ccccc1-c1nccc2ccccc12.[c-]1ccccc1-c1nccc2ccccc12.[c-]1ccccc1-c1nccnc1-c1ccccc1. The number of nitrogens with zero attached hydrogens (tertiary/aromatic N) is 8. The van der Waals surface area contributed by atoms with Crippen molar-refractivity contribution in [2.45, 2.75) is 13.8 Å². The molecule has 2 N–H and O–H groups in total. The number of pyridine rings is 4. The van der Waals surface area contributed by atoms with E-state index in [2.05, 4.69) is 125 Å². The molecule has 0 amide bonds. The van der Waals surface area contributed by atoms with E-state index in [1.807, 2.05) is 243 Å². The second-order valence-electron chi connectivity index (χ2n) is 23.7. The van der Waals surface area contributed by atoms with Crippen molar-refractivity contribution in [2.24, 2.45) is 0 Å². The summed E-state index contributed by atoms with van der Waals surface area (Å²) in [5.74, 6) is -0.432. The molecule has 0 saturated heterocycles. The van der Waals surface area contributed by atoms with Crippen molar-refractivity contribution in [1.29, 1.82) is 0 Å². The molecule has 0 aliphatic carbocycles. The zero-order valence-corrected chi connectivity index (χ0v) is 74.7. The zero-order valence-electron chi connectivity index (χ0n) is 60.3. The van der Waals surface area contributed by atoms with Crippen LogP contribution in [0.5, 0.6) is 0 Å². The molecule has 18 heteroatoms. The van der Waals surface area contributed by atoms with Gasteiger partial charge >= 0.3 is 5.78 Å². The molecule has 12 aromatic carbocycles. The predicted molar refractivity (Wildman–Crippen MR) is 429 cm³/mol. The molecule has 0 saturated carbocycles. The Bertz CT molecular complexity index is 5560. The topological polar surface area (TPSA) is 145 Å². The number of fused-ring (bicyclic) bond motifs is 6. The smallest absolute Gasteiger partial charge is 0.316 e. The van der Waals surface area contributed by atoms with Crippen LogP contribution in [0, 0.1) is 48.0 Å². The maximum absolute atomic E-state index is 13.2. The van der Waals surface area contributed by atoms with Crippen LogP contribution < -0.4 is 0 Å². The third-order valence-electron chi connectivity index (χ3n) is 16.2. The number of halogens is 2. The number of hydrogen-bond donors (Lipinski definition) is 1. The van der Waals surface area contributed by atoms with Crippen LogP contribution in [-0.2, 0) is 121 Å². The number of carbonyl (C=O) groups excluding carboxylic acids is 1. The molecular weight excluding hydrogens is 2480 g/mol. The van der Waals surface area contributed by atoms with E-state index in [1.165, 1.54) is 76.5 Å². The fourth-order valence-corrected chi connectivity index (χ4v) is 11.3. The minimum absolute atomic E-state index is 0. The first kappa shape index (κ1) is 91.5. The molecule has 6 aromatic heterocycles. The van der Waals surface area contributed by atoms with E-state index < -0.39 is 0 Å². The van der Waals surface area contributed by atoms with Crippen LogP contribution in [0.25, 0.3) is 133 Å². The fourth-order valence-electron chi connectivity index (χ4n) is 11.3. The Balaban J connectivity index is 0.000000208. The number of aliphatic hydroxyl groups excluding tert-OH is 1. The Hall–Kier alpha value is -10.3. The fraction of sp³-hybridized carbons (Fsp3) is 0.0211. The Morgan fingerprint density at radius 3 is 1.28 bits per heavy atom. The summed E-state index contributed by atoms with van der Waals surface area (Å²) in [7, 11) is 0. The van der Waals surface area contributed by atoms with Crippen molar-refractivity contribution in [3.05, 3.63) is 412 Å². The Labute approximate surface area is 737 Å². The van der Waals surface area contributed by atoms with E-state index in [9.17, 15) is 8.78 Å². The summed E-state index contributed by atoms with van der Waals surface area (Å²) in [6, 6.07) is 119. The van der Waals surface area contributed by atoms with Crippen molar-refractivity contribution in [2.75, 3.05) is 0 Å². The van der Waals surface area contributed by atoms with E-state index in [0.717, 1.165) is 83.8 Å². The van der Waals surface area contributed by atoms with Crippen molar-refractivity contribution in [3.63, 3.8) is 0 Å². The maximum Gasteiger partial charge on any atom is 0.316 e. The van der Waals surface area contributed by atoms with Gasteiger partial charge in [-0.3, -0.25) is 24.1 Å². The van der Waals surface area contributed by atoms with Gasteiger partial charge in [0.25, 0.3) is 0 Å². The number of para-hydroxylation sites is 2. The summed E-state index contributed by atoms with van der Waals surface area (Å²) in [6.45, 7) is 3.00. The van der Waals surface area contributed by atoms with Gasteiger partial charge in [0.15, 0.2) is 0 Å². The summed E-state index contributed by atoms with van der Waals surface area (Å²) in [4.78, 5) is 44.1. The molecule has 18 rings (SSSR count). The molecule has 0 atom stereocenters. The van der Waals surface area contributed by atoms with E-state index in [1.54, 1.807) is 36.8 Å². The molecule has 6 radical (unpaired) electrons. The number of hydrogen-bond acceptors (Lipinski definition) is 9. The van der Waals surface area contributed by atoms with Gasteiger partial charge in [0.05, 0.1) is 41.2 Å². The van der Waals surface area contributed by atoms with Gasteiger partial charge in [-0.2, -0.15) is 0 Å². The second-order valence-corrected chi connectivity index (χ2v) is 23.7. The number of rotatable bonds is 8. The molecule has 0 unspecified atom stereocenters. The average molecular weight is 2540 g/mol. The third-order valence-corrected chi connectivity index (χ3v) is 16.2. The molecule has 0 fully saturated rings. The molecule has 0 aliphatic heterocycles. The van der Waals surface area contributed by atoms with E-state index in [4.69, 9.17) is 9.90 Å². The minimum atomic E-state index is -0.365. The first-order valence-electron chi connectivity index (χ1n) is 34.2. The van der Waals surface area contributed by atoms with Crippen molar-refractivity contribution in [1.82, 2.24) is 39.9 Å². The van der Waals surface area contributed by atoms with Gasteiger partial charge in [0.2, 0.25) is 0 Å². The second kappa shape index (κ2) is 47.9. The van der Waals surface area contributed by atoms with Crippen LogP contribution >= 0.6 is 0 Å². The predicted octanol–water partition coefficient (Wildman–Crippen LogP) is 22.8. The average Bonchev–Trinajstić information content (AvgIpc) is 0.788. The standard InChI is InChI=1S/C20H11F2N2.C16H11N2.2C15H10N.C13H8N.C11H8N.C5H8O2.6Ir/c21-15-9-5-13(6-10-15)19-20(14-7-11-16(22)12-8-14)24-18-4-2-1-3-17(18)23-19;1-3-7-13(8-4-1)15-16(18-12-11-17-15)14-9-5-2-6-10-14;2*1-2-7-13(8-3-1)15-14-9-5-4-6-12(14)10-11-16-15;1-2-6-12-10(4-1)7-8-11-5-3-9-14-13(11)12;1-2-6-10(7-3-1)11-8-4-5-9-12-11;1-4(6)3-5(2)7;;;;;;/h1-7,9-12H;1-9,11-12H;2*1-7,9-11H;1-5,7-9H;1-6,8-9H;3,6H,1-2H3;;;;;;/q6*-1;;;;;;;/p+1. The van der Waals surface area contributed by atoms with Crippen molar-refractivity contribution >= 4 is 60.0 Å². The van der Waals surface area contributed by atoms with Gasteiger partial charge in [-0.15, -0.1) is 208 Å². The van der Waals surface area contributed by atoms with E-state index in [-0.39, 0.29) is 144 Å². The van der Waals surface area contributed by atoms with Crippen LogP contribution in [0.3, 0.4) is 0 Å². The van der Waals surface area contributed by atoms with Gasteiger partial charge in [-0.25, -0.2) is 4.39 Å². The molecule has 113 heavy (non-hydrogen) atoms. The van der Waals surface area contributed by atoms with E-state index >= 15 is 0 Å². The quantitative estimate of drug-likeness (QED) is 0.0517. The van der Waals surface area contributed by atoms with E-state index in [0.29, 0.717) is 17.0 Å². The van der Waals surface area contributed by atoms with Crippen LogP contribution in [0.1, 0.15) is 13.8 Å². The first-order chi connectivity index (χ1) is 52.6. The number of ketones is 1. The summed E-state index contributed by atoms with van der Waals surface area (Å²) in [6.07, 6.45) is 12.0. The van der Waals surface area contributed by atoms with Crippen LogP contribution in [0.15, 0.2) is 364 Å². The summed E-state index contributed by atoms with van der Waals surface area (Å²) in [5.41, 5.74) is 14.9. The maximum atomic E-state index is 13.2. The van der Waals surface area contributed by atoms with Gasteiger partial charge in [0.1, 0.15) is 5.82 Å². The summed E-state index contributed by atoms with van der Waals surface area (Å²) in [5, 5.41) is 16.6. The minimum Gasteiger partial charge on any atom is -0.512 e. The first-order valence-corrected chi connectivity index (χ1v) is 34.2. The van der Waals surface area contributed by atoms with Gasteiger partial charge in [0, 0.05) is 175 Å². The molecule has 572 valence electrons. The Morgan fingerprint density at radius 1 is 0.319 bits per heavy atom. The van der Waals surface area contributed by atoms with Gasteiger partial charge in [-0.05, 0) is 116 Å². The van der Waals surface area contributed by atoms with Gasteiger partial charge in [-0.1, -0.05) is 133 Å². The largest absolute Gasteiger partial charge is 0.512 e. The van der Waals surface area contributed by atoms with Crippen LogP contribution in [0.2, 0.25) is 0 Å². The molecule has 6 heterocycles. The summed E-state index contributed by atoms with van der Waals surface area (Å²) < 4.78 is 26.5. The number of aromatic nitrogens is 8. The molecule has 0 bridgehead atoms. The molecule has 0 spiro atoms. The third kappa shape index (κ3) is 26.1. The van der Waals surface area contributed by atoms with Crippen LogP contribution in [0.4, 0.5) is 8.78 Å². The Kier molecular flexibility index (Phi) is 38.8.